The van der Waals surface area contributed by atoms with Crippen molar-refractivity contribution in [3.8, 4) is 11.5 Å². The summed E-state index contributed by atoms with van der Waals surface area (Å²) in [6.07, 6.45) is 4.09. The monoisotopic (exact) mass is 368 g/mol. The molecule has 0 spiro atoms. The Morgan fingerprint density at radius 2 is 2.24 bits per heavy atom. The van der Waals surface area contributed by atoms with Crippen LogP contribution in [-0.2, 0) is 6.54 Å². The third kappa shape index (κ3) is 2.09. The number of aromatic nitrogens is 5. The first-order valence-corrected chi connectivity index (χ1v) is 7.61. The average molecular weight is 370 g/mol. The highest BCUT2D eigenvalue weighted by atomic mass is 79.9. The van der Waals surface area contributed by atoms with E-state index in [0.717, 1.165) is 16.5 Å². The largest absolute Gasteiger partial charge is 0.379 e. The number of fused-ring (bicyclic) bond motifs is 1. The van der Waals surface area contributed by atoms with Crippen LogP contribution in [0.15, 0.2) is 15.3 Å². The van der Waals surface area contributed by atoms with E-state index in [1.807, 2.05) is 0 Å². The van der Waals surface area contributed by atoms with Crippen LogP contribution in [0.5, 0.6) is 0 Å². The Balaban J connectivity index is 2.02. The molecule has 9 heteroatoms. The molecule has 4 rings (SSSR count). The number of hydrogen-bond donors (Lipinski definition) is 1. The molecule has 1 aliphatic rings. The molecule has 0 aliphatic heterocycles. The number of rotatable bonds is 3. The van der Waals surface area contributed by atoms with Gasteiger partial charge in [-0.1, -0.05) is 11.6 Å². The van der Waals surface area contributed by atoms with E-state index in [2.05, 4.69) is 40.8 Å². The Morgan fingerprint density at radius 3 is 2.90 bits per heavy atom. The predicted octanol–water partition coefficient (Wildman–Crippen LogP) is 2.89. The Kier molecular flexibility index (Phi) is 2.90. The quantitative estimate of drug-likeness (QED) is 0.713. The zero-order valence-electron chi connectivity index (χ0n) is 10.8. The van der Waals surface area contributed by atoms with Gasteiger partial charge in [0, 0.05) is 12.7 Å². The van der Waals surface area contributed by atoms with Crippen molar-refractivity contribution in [3.05, 3.63) is 15.8 Å². The zero-order chi connectivity index (χ0) is 14.6. The fourth-order valence-corrected chi connectivity index (χ4v) is 3.03. The number of nitrogen functional groups attached to an aromatic ring is 1. The van der Waals surface area contributed by atoms with Crippen molar-refractivity contribution in [2.75, 3.05) is 5.73 Å². The molecule has 1 fully saturated rings. The van der Waals surface area contributed by atoms with Crippen molar-refractivity contribution >= 4 is 44.4 Å². The van der Waals surface area contributed by atoms with Crippen LogP contribution in [-0.4, -0.2) is 24.8 Å². The maximum absolute atomic E-state index is 6.17. The molecule has 108 valence electrons. The van der Waals surface area contributed by atoms with Gasteiger partial charge in [0.25, 0.3) is 0 Å². The molecule has 3 aromatic heterocycles. The van der Waals surface area contributed by atoms with E-state index >= 15 is 0 Å². The van der Waals surface area contributed by atoms with Crippen molar-refractivity contribution in [3.63, 3.8) is 0 Å². The summed E-state index contributed by atoms with van der Waals surface area (Å²) in [6, 6.07) is 0. The van der Waals surface area contributed by atoms with Gasteiger partial charge in [0.2, 0.25) is 0 Å². The number of imidazole rings is 1. The van der Waals surface area contributed by atoms with Crippen LogP contribution in [0.25, 0.3) is 22.6 Å². The molecule has 0 aromatic carbocycles. The minimum Gasteiger partial charge on any atom is -0.379 e. The summed E-state index contributed by atoms with van der Waals surface area (Å²) >= 11 is 9.68. The fourth-order valence-electron chi connectivity index (χ4n) is 2.34. The van der Waals surface area contributed by atoms with Crippen molar-refractivity contribution in [2.45, 2.75) is 19.4 Å². The molecule has 1 aliphatic carbocycles. The summed E-state index contributed by atoms with van der Waals surface area (Å²) in [5.74, 6) is 1.45. The number of pyridine rings is 1. The van der Waals surface area contributed by atoms with Gasteiger partial charge in [-0.05, 0) is 45.0 Å². The first-order chi connectivity index (χ1) is 10.1. The van der Waals surface area contributed by atoms with Crippen LogP contribution in [0, 0.1) is 5.92 Å². The van der Waals surface area contributed by atoms with Crippen LogP contribution in [0.3, 0.4) is 0 Å². The Hall–Kier alpha value is -1.67. The summed E-state index contributed by atoms with van der Waals surface area (Å²) in [6.45, 7) is 0.830. The van der Waals surface area contributed by atoms with Crippen LogP contribution >= 0.6 is 27.5 Å². The molecule has 1 saturated carbocycles. The lowest BCUT2D eigenvalue weighted by atomic mass is 10.3. The highest BCUT2D eigenvalue weighted by Crippen LogP contribution is 2.38. The highest BCUT2D eigenvalue weighted by Gasteiger charge is 2.28. The smallest absolute Gasteiger partial charge is 0.199 e. The normalized spacial score (nSPS) is 15.0. The molecule has 0 unspecified atom stereocenters. The minimum atomic E-state index is 0.211. The molecule has 0 bridgehead atoms. The Bertz CT molecular complexity index is 840. The van der Waals surface area contributed by atoms with E-state index in [1.165, 1.54) is 12.8 Å². The van der Waals surface area contributed by atoms with Crippen LogP contribution in [0.2, 0.25) is 5.15 Å². The van der Waals surface area contributed by atoms with Gasteiger partial charge in [0.05, 0.1) is 9.99 Å². The van der Waals surface area contributed by atoms with Crippen LogP contribution in [0.4, 0.5) is 5.82 Å². The summed E-state index contributed by atoms with van der Waals surface area (Å²) < 4.78 is 7.58. The first kappa shape index (κ1) is 13.0. The second-order valence-corrected chi connectivity index (χ2v) is 6.29. The molecule has 21 heavy (non-hydrogen) atoms. The van der Waals surface area contributed by atoms with E-state index in [-0.39, 0.29) is 5.82 Å². The van der Waals surface area contributed by atoms with Crippen molar-refractivity contribution in [2.24, 2.45) is 5.92 Å². The Labute approximate surface area is 132 Å². The lowest BCUT2D eigenvalue weighted by Crippen LogP contribution is -2.04. The lowest BCUT2D eigenvalue weighted by molar-refractivity contribution is 0.310. The third-order valence-corrected chi connectivity index (χ3v) is 4.40. The van der Waals surface area contributed by atoms with Crippen LogP contribution < -0.4 is 5.73 Å². The van der Waals surface area contributed by atoms with Crippen molar-refractivity contribution in [1.29, 1.82) is 0 Å². The van der Waals surface area contributed by atoms with Gasteiger partial charge in [0.15, 0.2) is 22.5 Å². The second kappa shape index (κ2) is 4.67. The van der Waals surface area contributed by atoms with E-state index in [1.54, 1.807) is 6.20 Å². The number of nitrogens with two attached hydrogens (primary N) is 1. The zero-order valence-corrected chi connectivity index (χ0v) is 13.1. The molecular formula is C12H10BrClN6O. The van der Waals surface area contributed by atoms with E-state index in [4.69, 9.17) is 22.0 Å². The second-order valence-electron chi connectivity index (χ2n) is 5.08. The summed E-state index contributed by atoms with van der Waals surface area (Å²) in [5, 5.41) is 7.82. The summed E-state index contributed by atoms with van der Waals surface area (Å²) in [7, 11) is 0. The SMILES string of the molecule is Nc1nonc1-c1nc2c(Cl)ncc(Br)c2n1CC1CC1. The van der Waals surface area contributed by atoms with Gasteiger partial charge in [-0.2, -0.15) is 0 Å². The van der Waals surface area contributed by atoms with Crippen molar-refractivity contribution < 1.29 is 4.63 Å². The number of nitrogens with zero attached hydrogens (tertiary/aromatic N) is 5. The number of anilines is 1. The summed E-state index contributed by atoms with van der Waals surface area (Å²) in [4.78, 5) is 8.67. The topological polar surface area (TPSA) is 95.7 Å². The van der Waals surface area contributed by atoms with Gasteiger partial charge in [-0.25, -0.2) is 14.6 Å². The maximum Gasteiger partial charge on any atom is 0.199 e. The molecule has 0 atom stereocenters. The van der Waals surface area contributed by atoms with E-state index in [9.17, 15) is 0 Å². The molecule has 3 aromatic rings. The van der Waals surface area contributed by atoms with E-state index in [0.29, 0.717) is 28.1 Å². The maximum atomic E-state index is 6.17. The predicted molar refractivity (Wildman–Crippen MR) is 80.7 cm³/mol. The van der Waals surface area contributed by atoms with Crippen molar-refractivity contribution in [1.82, 2.24) is 24.8 Å². The molecule has 3 heterocycles. The molecule has 0 amide bonds. The van der Waals surface area contributed by atoms with Gasteiger partial charge in [-0.15, -0.1) is 0 Å². The van der Waals surface area contributed by atoms with E-state index < -0.39 is 0 Å². The van der Waals surface area contributed by atoms with Gasteiger partial charge in [-0.3, -0.25) is 0 Å². The lowest BCUT2D eigenvalue weighted by Gasteiger charge is -2.07. The molecule has 7 nitrogen and oxygen atoms in total. The first-order valence-electron chi connectivity index (χ1n) is 6.43. The third-order valence-electron chi connectivity index (χ3n) is 3.54. The Morgan fingerprint density at radius 1 is 1.43 bits per heavy atom. The average Bonchev–Trinajstić information content (AvgIpc) is 3.05. The molecule has 0 saturated heterocycles. The van der Waals surface area contributed by atoms with Gasteiger partial charge < -0.3 is 10.3 Å². The number of halogens is 2. The van der Waals surface area contributed by atoms with Gasteiger partial charge >= 0.3 is 0 Å². The minimum absolute atomic E-state index is 0.211. The summed E-state index contributed by atoms with van der Waals surface area (Å²) in [5.41, 5.74) is 7.73. The molecule has 2 N–H and O–H groups in total. The van der Waals surface area contributed by atoms with Gasteiger partial charge in [0.1, 0.15) is 5.52 Å². The standard InChI is InChI=1S/C12H10BrClN6O/c13-6-3-16-10(14)7-9(6)20(4-5-1-2-5)12(17-7)8-11(15)19-21-18-8/h3,5H,1-2,4H2,(H2,15,19). The molecule has 0 radical (unpaired) electrons. The molecular weight excluding hydrogens is 360 g/mol. The fraction of sp³-hybridized carbons (Fsp3) is 0.333. The number of hydrogen-bond acceptors (Lipinski definition) is 6. The van der Waals surface area contributed by atoms with Crippen LogP contribution in [0.1, 0.15) is 12.8 Å². The highest BCUT2D eigenvalue weighted by molar-refractivity contribution is 9.10.